The predicted octanol–water partition coefficient (Wildman–Crippen LogP) is 1.35. The molecule has 0 radical (unpaired) electrons. The molecule has 3 nitrogen and oxygen atoms in total. The normalized spacial score (nSPS) is 12.1. The maximum atomic E-state index is 8.45. The zero-order chi connectivity index (χ0) is 9.40. The summed E-state index contributed by atoms with van der Waals surface area (Å²) in [4.78, 5) is 2.02. The first kappa shape index (κ1) is 11.6. The lowest BCUT2D eigenvalue weighted by atomic mass is 10.4. The molecule has 0 fully saturated rings. The van der Waals surface area contributed by atoms with E-state index in [9.17, 15) is 0 Å². The fraction of sp³-hybridized carbons (Fsp3) is 0.714. The van der Waals surface area contributed by atoms with Gasteiger partial charge in [-0.05, 0) is 37.6 Å². The van der Waals surface area contributed by atoms with Crippen molar-refractivity contribution < 1.29 is 0 Å². The Morgan fingerprint density at radius 2 is 2.00 bits per heavy atom. The predicted molar refractivity (Wildman–Crippen MR) is 53.6 cm³/mol. The fourth-order valence-electron chi connectivity index (χ4n) is 0.736. The van der Waals surface area contributed by atoms with Crippen LogP contribution in [0.3, 0.4) is 0 Å². The molecule has 0 aromatic rings. The van der Waals surface area contributed by atoms with E-state index in [1.54, 1.807) is 0 Å². The molecule has 0 saturated heterocycles. The maximum absolute atomic E-state index is 8.45. The molecule has 1 atom stereocenters. The molecule has 0 amide bonds. The minimum absolute atomic E-state index is 0.231. The van der Waals surface area contributed by atoms with Crippen molar-refractivity contribution in [3.05, 3.63) is 0 Å². The molecule has 0 spiro atoms. The molecular formula is C7H11N3S2. The van der Waals surface area contributed by atoms with Crippen LogP contribution >= 0.6 is 23.5 Å². The molecule has 0 bridgehead atoms. The zero-order valence-corrected chi connectivity index (χ0v) is 8.78. The first-order chi connectivity index (χ1) is 5.70. The summed E-state index contributed by atoms with van der Waals surface area (Å²) in [7, 11) is 3.92. The summed E-state index contributed by atoms with van der Waals surface area (Å²) in [6.45, 7) is 0.840. The summed E-state index contributed by atoms with van der Waals surface area (Å²) in [5.41, 5.74) is 0. The van der Waals surface area contributed by atoms with Crippen LogP contribution in [-0.4, -0.2) is 36.5 Å². The van der Waals surface area contributed by atoms with Crippen molar-refractivity contribution in [1.29, 1.82) is 10.5 Å². The molecule has 66 valence electrons. The lowest BCUT2D eigenvalue weighted by molar-refractivity contribution is 0.415. The molecule has 12 heavy (non-hydrogen) atoms. The number of nitrogens with zero attached hydrogens (tertiary/aromatic N) is 3. The number of hydrogen-bond acceptors (Lipinski definition) is 5. The summed E-state index contributed by atoms with van der Waals surface area (Å²) in [5, 5.41) is 21.1. The average Bonchev–Trinajstić information content (AvgIpc) is 2.00. The van der Waals surface area contributed by atoms with Gasteiger partial charge in [-0.1, -0.05) is 0 Å². The van der Waals surface area contributed by atoms with Crippen molar-refractivity contribution in [2.24, 2.45) is 0 Å². The summed E-state index contributed by atoms with van der Waals surface area (Å²) in [6, 6.07) is 0. The van der Waals surface area contributed by atoms with Crippen molar-refractivity contribution in [3.63, 3.8) is 0 Å². The second-order valence-corrected chi connectivity index (χ2v) is 4.39. The molecule has 0 aliphatic heterocycles. The van der Waals surface area contributed by atoms with Crippen LogP contribution in [0.2, 0.25) is 0 Å². The van der Waals surface area contributed by atoms with Crippen molar-refractivity contribution >= 4 is 23.5 Å². The van der Waals surface area contributed by atoms with Gasteiger partial charge in [0.25, 0.3) is 0 Å². The highest BCUT2D eigenvalue weighted by Crippen LogP contribution is 2.15. The summed E-state index contributed by atoms with van der Waals surface area (Å²) >= 11 is 2.44. The van der Waals surface area contributed by atoms with Gasteiger partial charge in [-0.25, -0.2) is 0 Å². The fourth-order valence-corrected chi connectivity index (χ4v) is 2.10. The largest absolute Gasteiger partial charge is 0.308 e. The molecule has 0 N–H and O–H groups in total. The van der Waals surface area contributed by atoms with Gasteiger partial charge < -0.3 is 4.90 Å². The molecule has 0 aliphatic carbocycles. The molecule has 0 aliphatic rings. The number of thiocyanates is 2. The molecule has 1 unspecified atom stereocenters. The number of hydrogen-bond donors (Lipinski definition) is 0. The van der Waals surface area contributed by atoms with Crippen LogP contribution in [0.25, 0.3) is 0 Å². The van der Waals surface area contributed by atoms with Gasteiger partial charge in [-0.15, -0.1) is 0 Å². The molecule has 0 rings (SSSR count). The first-order valence-corrected chi connectivity index (χ1v) is 5.27. The Morgan fingerprint density at radius 3 is 2.42 bits per heavy atom. The topological polar surface area (TPSA) is 50.8 Å². The minimum Gasteiger partial charge on any atom is -0.308 e. The highest BCUT2D eigenvalue weighted by Gasteiger charge is 2.10. The lowest BCUT2D eigenvalue weighted by Crippen LogP contribution is -2.24. The zero-order valence-electron chi connectivity index (χ0n) is 7.15. The van der Waals surface area contributed by atoms with Crippen LogP contribution in [0.4, 0.5) is 0 Å². The Labute approximate surface area is 81.7 Å². The van der Waals surface area contributed by atoms with Crippen LogP contribution in [-0.2, 0) is 0 Å². The SMILES string of the molecule is CN(C)CC(CSC#N)SC#N. The van der Waals surface area contributed by atoms with Gasteiger partial charge in [0.05, 0.1) is 0 Å². The van der Waals surface area contributed by atoms with Gasteiger partial charge in [0.2, 0.25) is 0 Å². The second kappa shape index (κ2) is 7.30. The van der Waals surface area contributed by atoms with E-state index in [-0.39, 0.29) is 5.25 Å². The molecular weight excluding hydrogens is 190 g/mol. The Kier molecular flexibility index (Phi) is 7.08. The summed E-state index contributed by atoms with van der Waals surface area (Å²) in [6.07, 6.45) is 0. The van der Waals surface area contributed by atoms with Crippen LogP contribution < -0.4 is 0 Å². The molecule has 0 saturated carbocycles. The van der Waals surface area contributed by atoms with Crippen molar-refractivity contribution in [1.82, 2.24) is 4.90 Å². The lowest BCUT2D eigenvalue weighted by Gasteiger charge is -2.15. The van der Waals surface area contributed by atoms with E-state index in [1.807, 2.05) is 29.8 Å². The maximum Gasteiger partial charge on any atom is 0.133 e. The van der Waals surface area contributed by atoms with Gasteiger partial charge in [-0.3, -0.25) is 0 Å². The quantitative estimate of drug-likeness (QED) is 0.628. The van der Waals surface area contributed by atoms with Gasteiger partial charge >= 0.3 is 0 Å². The smallest absolute Gasteiger partial charge is 0.133 e. The third kappa shape index (κ3) is 6.36. The molecule has 0 heterocycles. The minimum atomic E-state index is 0.231. The van der Waals surface area contributed by atoms with E-state index < -0.39 is 0 Å². The van der Waals surface area contributed by atoms with Gasteiger partial charge in [0.15, 0.2) is 0 Å². The van der Waals surface area contributed by atoms with Gasteiger partial charge in [0.1, 0.15) is 10.8 Å². The first-order valence-electron chi connectivity index (χ1n) is 3.41. The van der Waals surface area contributed by atoms with Crippen LogP contribution in [0, 0.1) is 21.3 Å². The number of rotatable bonds is 5. The Hall–Kier alpha value is -0.360. The average molecular weight is 201 g/mol. The third-order valence-electron chi connectivity index (χ3n) is 1.12. The highest BCUT2D eigenvalue weighted by atomic mass is 32.2. The summed E-state index contributed by atoms with van der Waals surface area (Å²) < 4.78 is 0. The van der Waals surface area contributed by atoms with Crippen molar-refractivity contribution in [2.45, 2.75) is 5.25 Å². The molecule has 5 heteroatoms. The standard InChI is InChI=1S/C7H11N3S2/c1-10(2)3-7(12-6-9)4-11-5-8/h7H,3-4H2,1-2H3. The second-order valence-electron chi connectivity index (χ2n) is 2.50. The van der Waals surface area contributed by atoms with Crippen molar-refractivity contribution in [3.8, 4) is 10.8 Å². The van der Waals surface area contributed by atoms with E-state index in [0.29, 0.717) is 5.75 Å². The number of nitriles is 2. The monoisotopic (exact) mass is 201 g/mol. The van der Waals surface area contributed by atoms with Crippen LogP contribution in [0.1, 0.15) is 0 Å². The van der Waals surface area contributed by atoms with E-state index >= 15 is 0 Å². The Balaban J connectivity index is 3.73. The summed E-state index contributed by atoms with van der Waals surface area (Å²) in [5.74, 6) is 0.715. The van der Waals surface area contributed by atoms with Gasteiger partial charge in [-0.2, -0.15) is 10.5 Å². The van der Waals surface area contributed by atoms with E-state index in [0.717, 1.165) is 6.54 Å². The van der Waals surface area contributed by atoms with Gasteiger partial charge in [0, 0.05) is 17.5 Å². The highest BCUT2D eigenvalue weighted by molar-refractivity contribution is 8.07. The number of thioether (sulfide) groups is 2. The van der Waals surface area contributed by atoms with E-state index in [2.05, 4.69) is 0 Å². The molecule has 0 aromatic carbocycles. The van der Waals surface area contributed by atoms with Crippen LogP contribution in [0.15, 0.2) is 0 Å². The van der Waals surface area contributed by atoms with E-state index in [1.165, 1.54) is 23.5 Å². The molecule has 0 aromatic heterocycles. The third-order valence-corrected chi connectivity index (χ3v) is 2.79. The van der Waals surface area contributed by atoms with Crippen LogP contribution in [0.5, 0.6) is 0 Å². The van der Waals surface area contributed by atoms with E-state index in [4.69, 9.17) is 10.5 Å². The van der Waals surface area contributed by atoms with Crippen molar-refractivity contribution in [2.75, 3.05) is 26.4 Å². The Morgan fingerprint density at radius 1 is 1.33 bits per heavy atom. The Bertz CT molecular complexity index is 192.